The average Bonchev–Trinajstić information content (AvgIpc) is 1.09. The Bertz CT molecular complexity index is 6020. The van der Waals surface area contributed by atoms with Crippen molar-refractivity contribution in [2.45, 2.75) is 212 Å². The number of ether oxygens (including phenoxy) is 1. The quantitative estimate of drug-likeness (QED) is 0.0130. The molecular weight excluding hydrogens is 1850 g/mol. The number of carboxylic acids is 1. The summed E-state index contributed by atoms with van der Waals surface area (Å²) in [6.07, 6.45) is 22.4. The van der Waals surface area contributed by atoms with Gasteiger partial charge in [-0.25, -0.2) is 64.2 Å². The number of aliphatic carboxylic acids is 1. The van der Waals surface area contributed by atoms with Gasteiger partial charge in [-0.05, 0) is 183 Å². The third-order valence-electron chi connectivity index (χ3n) is 22.6. The number of esters is 1. The monoisotopic (exact) mass is 1970 g/mol. The molecule has 0 saturated carbocycles. The Morgan fingerprint density at radius 1 is 0.464 bits per heavy atom. The Morgan fingerprint density at radius 2 is 0.841 bits per heavy atom. The summed E-state index contributed by atoms with van der Waals surface area (Å²) in [6.45, 7) is 22.3. The number of pyridine rings is 3. The molecule has 0 spiro atoms. The summed E-state index contributed by atoms with van der Waals surface area (Å²) < 4.78 is 136. The number of carbonyl (C=O) groups is 7. The number of nitrogens with one attached hydrogen (secondary N) is 1. The lowest BCUT2D eigenvalue weighted by molar-refractivity contribution is -0.143. The number of imidazole rings is 4. The third-order valence-corrected chi connectivity index (χ3v) is 23.6. The fourth-order valence-corrected chi connectivity index (χ4v) is 16.2. The number of aromatic nitrogens is 11. The van der Waals surface area contributed by atoms with Crippen molar-refractivity contribution in [3.8, 4) is 33.4 Å². The van der Waals surface area contributed by atoms with Crippen LogP contribution in [0.15, 0.2) is 214 Å². The number of ketones is 2. The van der Waals surface area contributed by atoms with E-state index in [1.54, 1.807) is 104 Å². The first-order valence-electron chi connectivity index (χ1n) is 44.7. The van der Waals surface area contributed by atoms with E-state index in [0.717, 1.165) is 72.5 Å². The van der Waals surface area contributed by atoms with Crippen molar-refractivity contribution in [1.29, 1.82) is 0 Å². The van der Waals surface area contributed by atoms with Gasteiger partial charge in [-0.3, -0.25) is 43.7 Å². The predicted octanol–water partition coefficient (Wildman–Crippen LogP) is 21.8. The fourth-order valence-electron chi connectivity index (χ4n) is 16.1. The number of carboxylic acid groups (broad SMARTS) is 1. The number of nitrogens with two attached hydrogens (primary N) is 4. The number of Topliss-reactive ketones (excluding diaryl/α,β-unsaturated/α-hetero) is 2. The number of aromatic amines is 1. The van der Waals surface area contributed by atoms with Crippen LogP contribution >= 0.6 is 15.9 Å². The van der Waals surface area contributed by atoms with Gasteiger partial charge in [-0.2, -0.15) is 0 Å². The van der Waals surface area contributed by atoms with Crippen LogP contribution in [-0.2, 0) is 43.2 Å². The van der Waals surface area contributed by atoms with Crippen LogP contribution in [0.2, 0.25) is 0 Å². The lowest BCUT2D eigenvalue weighted by Crippen LogP contribution is -2.25. The Kier molecular flexibility index (Phi) is 41.1. The molecular formula is C104H115BrF9N15O9. The number of H-pyrrole nitrogens is 1. The van der Waals surface area contributed by atoms with Crippen molar-refractivity contribution in [2.24, 2.45) is 22.9 Å². The van der Waals surface area contributed by atoms with Gasteiger partial charge in [-0.1, -0.05) is 129 Å². The first kappa shape index (κ1) is 109. The Labute approximate surface area is 804 Å². The van der Waals surface area contributed by atoms with Crippen LogP contribution in [0.4, 0.5) is 39.5 Å². The molecule has 8 atom stereocenters. The summed E-state index contributed by atoms with van der Waals surface area (Å²) in [7, 11) is 0. The van der Waals surface area contributed by atoms with Crippen molar-refractivity contribution < 1.29 is 82.9 Å². The molecule has 0 fully saturated rings. The maximum atomic E-state index is 14.2. The normalized spacial score (nSPS) is 13.8. The number of fused-ring (bicyclic) bond motifs is 1. The van der Waals surface area contributed by atoms with Crippen LogP contribution in [0, 0.1) is 52.4 Å². The standard InChI is InChI=1S/2C31H31F3N4O2.C20H16F3N3O.C9H12N2O2.C6H11BrO2.C6H10N2.CH4/c2*1-4-27(38-11-10-37-31(38)18(2)3)28(39)16-21(12-19-13-22(32)17-23(33)14-19)29-24(6-5-9-36-29)20-7-8-26(34)25(15-20)30(35)40;21-13-6-11(7-14(22)10-13)8-18(24)19-15(2-1-5-26-19)12-3-4-17(23)16(9-12)20(25)27;1-6-2-3-7(9(12)13)11-5-4-10-8(6)11;1-3-5(7)6(8)9-4-2;1-5(2)6-7-3-4-8-6;/h2*5-11,13-15,17-18,21,27H,4,12,16H2,1-3H3,(H2,35,40);1-7,9-10,18H,8,24H2,(H2,25,27);4-7H,2-3H2,1H3,(H,12,13);5H,3-4H2,1-2H3;3-5H,1-2H3,(H,7,8);1H4/t2*21-,27?;18-;;;;/m110..../s1. The molecule has 14 rings (SSSR count). The van der Waals surface area contributed by atoms with Gasteiger partial charge >= 0.3 is 11.9 Å². The molecule has 0 saturated heterocycles. The number of hydrogen-bond acceptors (Lipinski definition) is 16. The minimum Gasteiger partial charge on any atom is -0.480 e. The van der Waals surface area contributed by atoms with Gasteiger partial charge in [-0.15, -0.1) is 0 Å². The molecule has 138 heavy (non-hydrogen) atoms. The van der Waals surface area contributed by atoms with E-state index in [1.165, 1.54) is 79.0 Å². The SMILES string of the molecule is C.CC(C)c1ncc[nH]1.CC1CCC(C(=O)O)n2ccnc21.CCC(C(=O)C[C@@H](Cc1cc(F)cc(F)c1)c1ncccc1-c1ccc(F)c(C(N)=O)c1)n1ccnc1C(C)C.CCC(C(=O)C[C@@H](Cc1cc(F)cc(F)c1)c1ncccc1-c1ccc(F)c(C(N)=O)c1)n1ccnc1C(C)C.CCOC(=O)C(Br)CC.NC(=O)c1cc(-c2cccnc2[C@@H](N)Cc2cc(F)cc(F)c2)ccc1F. The summed E-state index contributed by atoms with van der Waals surface area (Å²) in [5.41, 5.74) is 27.0. The number of benzene rings is 6. The summed E-state index contributed by atoms with van der Waals surface area (Å²) in [5, 5.41) is 8.94. The van der Waals surface area contributed by atoms with Crippen molar-refractivity contribution >= 4 is 57.2 Å². The smallest absolute Gasteiger partial charge is 0.326 e. The zero-order chi connectivity index (χ0) is 100. The topological polar surface area (TPSA) is 374 Å². The molecule has 13 aromatic rings. The average molecular weight is 1970 g/mol. The number of carbonyl (C=O) groups excluding carboxylic acids is 6. The van der Waals surface area contributed by atoms with Gasteiger partial charge in [0.05, 0.1) is 58.5 Å². The van der Waals surface area contributed by atoms with Gasteiger partial charge in [0, 0.05) is 151 Å². The van der Waals surface area contributed by atoms with E-state index < -0.39 is 112 Å². The number of rotatable bonds is 32. The lowest BCUT2D eigenvalue weighted by Gasteiger charge is -2.25. The van der Waals surface area contributed by atoms with E-state index in [4.69, 9.17) is 32.8 Å². The van der Waals surface area contributed by atoms with E-state index in [2.05, 4.69) is 76.6 Å². The van der Waals surface area contributed by atoms with Crippen LogP contribution in [-0.4, -0.2) is 111 Å². The molecule has 8 heterocycles. The van der Waals surface area contributed by atoms with Crippen molar-refractivity contribution in [3.63, 3.8) is 0 Å². The molecule has 0 bridgehead atoms. The highest BCUT2D eigenvalue weighted by Crippen LogP contribution is 2.40. The minimum atomic E-state index is -0.918. The lowest BCUT2D eigenvalue weighted by atomic mass is 9.85. The molecule has 34 heteroatoms. The summed E-state index contributed by atoms with van der Waals surface area (Å²) in [4.78, 5) is 118. The van der Waals surface area contributed by atoms with Gasteiger partial charge in [0.15, 0.2) is 11.6 Å². The minimum absolute atomic E-state index is 0. The highest BCUT2D eigenvalue weighted by atomic mass is 79.9. The van der Waals surface area contributed by atoms with Crippen molar-refractivity contribution in [1.82, 2.24) is 53.6 Å². The Balaban J connectivity index is 0.000000221. The number of nitrogens with zero attached hydrogens (tertiary/aromatic N) is 10. The first-order chi connectivity index (χ1) is 65.2. The predicted molar refractivity (Wildman–Crippen MR) is 513 cm³/mol. The summed E-state index contributed by atoms with van der Waals surface area (Å²) in [5.74, 6) is -6.89. The summed E-state index contributed by atoms with van der Waals surface area (Å²) in [6, 6.07) is 29.8. The molecule has 0 aliphatic carbocycles. The molecule has 3 amide bonds. The van der Waals surface area contributed by atoms with Crippen LogP contribution < -0.4 is 22.9 Å². The van der Waals surface area contributed by atoms with Crippen molar-refractivity contribution in [2.75, 3.05) is 6.61 Å². The molecule has 24 nitrogen and oxygen atoms in total. The van der Waals surface area contributed by atoms with Gasteiger partial charge in [0.1, 0.15) is 86.5 Å². The van der Waals surface area contributed by atoms with Gasteiger partial charge < -0.3 is 51.5 Å². The highest BCUT2D eigenvalue weighted by Gasteiger charge is 2.34. The second-order valence-electron chi connectivity index (χ2n) is 33.6. The molecule has 0 radical (unpaired) electrons. The van der Waals surface area contributed by atoms with Gasteiger partial charge in [0.2, 0.25) is 0 Å². The zero-order valence-corrected chi connectivity index (χ0v) is 79.2. The number of amides is 3. The van der Waals surface area contributed by atoms with E-state index in [0.29, 0.717) is 105 Å². The van der Waals surface area contributed by atoms with E-state index in [9.17, 15) is 73.1 Å². The molecule has 6 aromatic carbocycles. The Hall–Kier alpha value is -13.9. The Morgan fingerprint density at radius 3 is 1.17 bits per heavy atom. The second-order valence-corrected chi connectivity index (χ2v) is 34.7. The maximum Gasteiger partial charge on any atom is 0.326 e. The second kappa shape index (κ2) is 51.9. The number of primary amides is 3. The number of alkyl halides is 1. The van der Waals surface area contributed by atoms with Crippen LogP contribution in [0.25, 0.3) is 33.4 Å². The van der Waals surface area contributed by atoms with Crippen LogP contribution in [0.3, 0.4) is 0 Å². The van der Waals surface area contributed by atoms with E-state index >= 15 is 0 Å². The number of halogens is 10. The fraction of sp³-hybridized carbons (Fsp3) is 0.327. The van der Waals surface area contributed by atoms with E-state index in [-0.39, 0.29) is 90.4 Å². The van der Waals surface area contributed by atoms with E-state index in [1.807, 2.05) is 63.8 Å². The molecule has 10 N–H and O–H groups in total. The maximum absolute atomic E-state index is 14.2. The van der Waals surface area contributed by atoms with Gasteiger partial charge in [0.25, 0.3) is 17.7 Å². The number of hydrogen-bond donors (Lipinski definition) is 6. The molecule has 5 unspecified atom stereocenters. The highest BCUT2D eigenvalue weighted by molar-refractivity contribution is 9.10. The zero-order valence-electron chi connectivity index (χ0n) is 77.6. The van der Waals surface area contributed by atoms with Crippen LogP contribution in [0.5, 0.6) is 0 Å². The largest absolute Gasteiger partial charge is 0.480 e. The summed E-state index contributed by atoms with van der Waals surface area (Å²) >= 11 is 3.17. The molecule has 730 valence electrons. The van der Waals surface area contributed by atoms with Crippen LogP contribution in [0.1, 0.15) is 276 Å². The molecule has 1 aliphatic rings. The third kappa shape index (κ3) is 29.8. The van der Waals surface area contributed by atoms with Crippen molar-refractivity contribution in [3.05, 3.63) is 340 Å². The molecule has 1 aliphatic heterocycles. The molecule has 7 aromatic heterocycles. The first-order valence-corrected chi connectivity index (χ1v) is 45.6.